The van der Waals surface area contributed by atoms with Crippen LogP contribution < -0.4 is 5.32 Å². The summed E-state index contributed by atoms with van der Waals surface area (Å²) in [4.78, 5) is 0. The van der Waals surface area contributed by atoms with E-state index in [1.165, 1.54) is 37.8 Å². The first-order valence-electron chi connectivity index (χ1n) is 6.11. The van der Waals surface area contributed by atoms with Crippen LogP contribution in [0.2, 0.25) is 0 Å². The molecule has 0 aromatic heterocycles. The highest BCUT2D eigenvalue weighted by Crippen LogP contribution is 2.47. The molecule has 1 heteroatoms. The van der Waals surface area contributed by atoms with Gasteiger partial charge in [-0.3, -0.25) is 0 Å². The lowest BCUT2D eigenvalue weighted by Gasteiger charge is -2.21. The molecule has 2 rings (SSSR count). The van der Waals surface area contributed by atoms with Crippen LogP contribution in [-0.2, 0) is 0 Å². The maximum absolute atomic E-state index is 3.92. The fourth-order valence-corrected chi connectivity index (χ4v) is 3.22. The van der Waals surface area contributed by atoms with Crippen LogP contribution in [0.4, 0.5) is 0 Å². The lowest BCUT2D eigenvalue weighted by Crippen LogP contribution is -2.27. The minimum Gasteiger partial charge on any atom is -0.316 e. The number of nitrogens with one attached hydrogen (secondary N) is 1. The number of fused-ring (bicyclic) bond motifs is 2. The second kappa shape index (κ2) is 4.48. The normalized spacial score (nSPS) is 35.1. The van der Waals surface area contributed by atoms with Gasteiger partial charge in [0.25, 0.3) is 0 Å². The molecule has 0 aromatic carbocycles. The van der Waals surface area contributed by atoms with Crippen molar-refractivity contribution in [3.05, 3.63) is 12.2 Å². The fraction of sp³-hybridized carbons (Fsp3) is 0.846. The standard InChI is InChI=1S/C13H23N/c1-10(2)5-6-14-9-13-8-11-3-4-12(13)7-11/h11-14H,1,3-9H2,2H3. The monoisotopic (exact) mass is 193 g/mol. The highest BCUT2D eigenvalue weighted by Gasteiger charge is 2.38. The van der Waals surface area contributed by atoms with E-state index in [0.717, 1.165) is 30.7 Å². The second-order valence-corrected chi connectivity index (χ2v) is 5.35. The van der Waals surface area contributed by atoms with Gasteiger partial charge in [-0.05, 0) is 63.5 Å². The van der Waals surface area contributed by atoms with Gasteiger partial charge in [0.05, 0.1) is 0 Å². The molecule has 2 aliphatic carbocycles. The van der Waals surface area contributed by atoms with Gasteiger partial charge in [0.1, 0.15) is 0 Å². The van der Waals surface area contributed by atoms with Gasteiger partial charge >= 0.3 is 0 Å². The first-order valence-corrected chi connectivity index (χ1v) is 6.11. The highest BCUT2D eigenvalue weighted by molar-refractivity contribution is 4.92. The van der Waals surface area contributed by atoms with Gasteiger partial charge in [-0.25, -0.2) is 0 Å². The lowest BCUT2D eigenvalue weighted by atomic mass is 9.89. The van der Waals surface area contributed by atoms with Crippen LogP contribution in [0.1, 0.15) is 39.0 Å². The zero-order valence-electron chi connectivity index (χ0n) is 9.39. The minimum absolute atomic E-state index is 0.999. The SMILES string of the molecule is C=C(C)CCNCC1CC2CCC1C2. The van der Waals surface area contributed by atoms with Gasteiger partial charge in [-0.1, -0.05) is 12.0 Å². The van der Waals surface area contributed by atoms with Crippen molar-refractivity contribution in [3.63, 3.8) is 0 Å². The molecular weight excluding hydrogens is 170 g/mol. The number of hydrogen-bond donors (Lipinski definition) is 1. The first-order chi connectivity index (χ1) is 6.75. The average molecular weight is 193 g/mol. The Kier molecular flexibility index (Phi) is 3.27. The molecule has 3 unspecified atom stereocenters. The lowest BCUT2D eigenvalue weighted by molar-refractivity contribution is 0.320. The van der Waals surface area contributed by atoms with Crippen LogP contribution in [0.15, 0.2) is 12.2 Å². The summed E-state index contributed by atoms with van der Waals surface area (Å²) in [5.74, 6) is 3.16. The van der Waals surface area contributed by atoms with Crippen LogP contribution in [0.25, 0.3) is 0 Å². The maximum atomic E-state index is 3.92. The van der Waals surface area contributed by atoms with Gasteiger partial charge in [0, 0.05) is 0 Å². The van der Waals surface area contributed by atoms with E-state index in [9.17, 15) is 0 Å². The Morgan fingerprint density at radius 1 is 1.36 bits per heavy atom. The van der Waals surface area contributed by atoms with E-state index in [4.69, 9.17) is 0 Å². The Bertz CT molecular complexity index is 209. The predicted octanol–water partition coefficient (Wildman–Crippen LogP) is 2.98. The van der Waals surface area contributed by atoms with Crippen molar-refractivity contribution in [1.29, 1.82) is 0 Å². The molecule has 2 aliphatic rings. The Labute approximate surface area is 88.0 Å². The smallest absolute Gasteiger partial charge is 0.00117 e. The Morgan fingerprint density at radius 2 is 2.21 bits per heavy atom. The van der Waals surface area contributed by atoms with E-state index >= 15 is 0 Å². The van der Waals surface area contributed by atoms with Crippen LogP contribution >= 0.6 is 0 Å². The minimum atomic E-state index is 0.999. The molecule has 0 heterocycles. The van der Waals surface area contributed by atoms with Gasteiger partial charge < -0.3 is 5.32 Å². The molecule has 14 heavy (non-hydrogen) atoms. The van der Waals surface area contributed by atoms with Crippen molar-refractivity contribution in [2.45, 2.75) is 39.0 Å². The van der Waals surface area contributed by atoms with Crippen LogP contribution in [0, 0.1) is 17.8 Å². The number of hydrogen-bond acceptors (Lipinski definition) is 1. The van der Waals surface area contributed by atoms with Crippen LogP contribution in [0.3, 0.4) is 0 Å². The van der Waals surface area contributed by atoms with Crippen molar-refractivity contribution < 1.29 is 0 Å². The molecule has 2 fully saturated rings. The molecule has 1 N–H and O–H groups in total. The molecule has 3 atom stereocenters. The molecule has 0 aliphatic heterocycles. The van der Waals surface area contributed by atoms with E-state index in [-0.39, 0.29) is 0 Å². The Balaban J connectivity index is 1.60. The van der Waals surface area contributed by atoms with Crippen molar-refractivity contribution in [1.82, 2.24) is 5.32 Å². The van der Waals surface area contributed by atoms with E-state index in [0.29, 0.717) is 0 Å². The van der Waals surface area contributed by atoms with E-state index in [2.05, 4.69) is 18.8 Å². The summed E-state index contributed by atoms with van der Waals surface area (Å²) in [5, 5.41) is 3.58. The second-order valence-electron chi connectivity index (χ2n) is 5.35. The van der Waals surface area contributed by atoms with Gasteiger partial charge in [0.2, 0.25) is 0 Å². The average Bonchev–Trinajstić information content (AvgIpc) is 2.73. The van der Waals surface area contributed by atoms with Crippen molar-refractivity contribution in [3.8, 4) is 0 Å². The molecule has 0 spiro atoms. The third kappa shape index (κ3) is 2.38. The van der Waals surface area contributed by atoms with Crippen LogP contribution in [-0.4, -0.2) is 13.1 Å². The van der Waals surface area contributed by atoms with E-state index in [1.807, 2.05) is 0 Å². The first kappa shape index (κ1) is 10.2. The molecule has 2 bridgehead atoms. The molecule has 0 amide bonds. The topological polar surface area (TPSA) is 12.0 Å². The van der Waals surface area contributed by atoms with Crippen molar-refractivity contribution in [2.24, 2.45) is 17.8 Å². The molecule has 0 radical (unpaired) electrons. The van der Waals surface area contributed by atoms with Crippen molar-refractivity contribution in [2.75, 3.05) is 13.1 Å². The van der Waals surface area contributed by atoms with Crippen molar-refractivity contribution >= 4 is 0 Å². The predicted molar refractivity (Wildman–Crippen MR) is 61.2 cm³/mol. The zero-order valence-corrected chi connectivity index (χ0v) is 9.39. The largest absolute Gasteiger partial charge is 0.316 e. The van der Waals surface area contributed by atoms with E-state index < -0.39 is 0 Å². The van der Waals surface area contributed by atoms with Gasteiger partial charge in [0.15, 0.2) is 0 Å². The molecule has 0 aromatic rings. The van der Waals surface area contributed by atoms with E-state index in [1.54, 1.807) is 0 Å². The third-order valence-corrected chi connectivity index (χ3v) is 4.02. The summed E-state index contributed by atoms with van der Waals surface area (Å²) < 4.78 is 0. The molecular formula is C13H23N. The number of rotatable bonds is 5. The maximum Gasteiger partial charge on any atom is -0.00117 e. The summed E-state index contributed by atoms with van der Waals surface area (Å²) in [5.41, 5.74) is 1.30. The van der Waals surface area contributed by atoms with Crippen LogP contribution in [0.5, 0.6) is 0 Å². The highest BCUT2D eigenvalue weighted by atomic mass is 14.9. The Hall–Kier alpha value is -0.300. The Morgan fingerprint density at radius 3 is 2.79 bits per heavy atom. The van der Waals surface area contributed by atoms with Gasteiger partial charge in [-0.15, -0.1) is 6.58 Å². The fourth-order valence-electron chi connectivity index (χ4n) is 3.22. The summed E-state index contributed by atoms with van der Waals surface area (Å²) >= 11 is 0. The summed E-state index contributed by atoms with van der Waals surface area (Å²) in [7, 11) is 0. The van der Waals surface area contributed by atoms with Gasteiger partial charge in [-0.2, -0.15) is 0 Å². The quantitative estimate of drug-likeness (QED) is 0.523. The summed E-state index contributed by atoms with van der Waals surface area (Å²) in [6.45, 7) is 8.42. The molecule has 0 saturated heterocycles. The summed E-state index contributed by atoms with van der Waals surface area (Å²) in [6, 6.07) is 0. The molecule has 80 valence electrons. The third-order valence-electron chi connectivity index (χ3n) is 4.02. The summed E-state index contributed by atoms with van der Waals surface area (Å²) in [6.07, 6.45) is 7.21. The zero-order chi connectivity index (χ0) is 9.97. The molecule has 1 nitrogen and oxygen atoms in total. The molecule has 2 saturated carbocycles.